The Morgan fingerprint density at radius 3 is 2.32 bits per heavy atom. The third-order valence-electron chi connectivity index (χ3n) is 4.25. The number of halogens is 1. The molecule has 0 spiro atoms. The molecule has 1 amide bonds. The van der Waals surface area contributed by atoms with Crippen LogP contribution >= 0.6 is 11.6 Å². The molecule has 0 saturated carbocycles. The molecule has 2 aromatic rings. The molecule has 132 valence electrons. The SMILES string of the molecule is Cc1ccc(C(=O)Nc2ccc(S(=O)(=O)N3CCCC3)cc2)cc1Cl. The van der Waals surface area contributed by atoms with Crippen LogP contribution in [0.15, 0.2) is 47.4 Å². The second-order valence-electron chi connectivity index (χ2n) is 6.05. The lowest BCUT2D eigenvalue weighted by Crippen LogP contribution is -2.27. The molecule has 1 N–H and O–H groups in total. The predicted molar refractivity (Wildman–Crippen MR) is 98.6 cm³/mol. The third kappa shape index (κ3) is 3.86. The van der Waals surface area contributed by atoms with Crippen molar-refractivity contribution in [3.63, 3.8) is 0 Å². The van der Waals surface area contributed by atoms with Gasteiger partial charge in [-0.3, -0.25) is 4.79 Å². The number of hydrogen-bond acceptors (Lipinski definition) is 3. The van der Waals surface area contributed by atoms with Crippen molar-refractivity contribution in [2.24, 2.45) is 0 Å². The number of aryl methyl sites for hydroxylation is 1. The van der Waals surface area contributed by atoms with Crippen LogP contribution in [-0.4, -0.2) is 31.7 Å². The fourth-order valence-corrected chi connectivity index (χ4v) is 4.42. The van der Waals surface area contributed by atoms with E-state index in [0.29, 0.717) is 29.4 Å². The number of benzene rings is 2. The van der Waals surface area contributed by atoms with Gasteiger partial charge in [0.25, 0.3) is 5.91 Å². The standard InChI is InChI=1S/C18H19ClN2O3S/c1-13-4-5-14(12-17(13)19)18(22)20-15-6-8-16(9-7-15)25(23,24)21-10-2-3-11-21/h4-9,12H,2-3,10-11H2,1H3,(H,20,22). The first-order valence-corrected chi connectivity index (χ1v) is 9.87. The van der Waals surface area contributed by atoms with Crippen LogP contribution in [0.2, 0.25) is 5.02 Å². The minimum atomic E-state index is -3.44. The van der Waals surface area contributed by atoms with Crippen molar-refractivity contribution in [2.45, 2.75) is 24.7 Å². The van der Waals surface area contributed by atoms with Crippen molar-refractivity contribution < 1.29 is 13.2 Å². The van der Waals surface area contributed by atoms with Gasteiger partial charge in [-0.2, -0.15) is 4.31 Å². The van der Waals surface area contributed by atoms with E-state index in [-0.39, 0.29) is 10.8 Å². The summed E-state index contributed by atoms with van der Waals surface area (Å²) in [7, 11) is -3.44. The summed E-state index contributed by atoms with van der Waals surface area (Å²) < 4.78 is 26.5. The summed E-state index contributed by atoms with van der Waals surface area (Å²) in [5.74, 6) is -0.294. The fourth-order valence-electron chi connectivity index (χ4n) is 2.73. The van der Waals surface area contributed by atoms with Gasteiger partial charge in [-0.15, -0.1) is 0 Å². The van der Waals surface area contributed by atoms with Gasteiger partial charge < -0.3 is 5.32 Å². The van der Waals surface area contributed by atoms with E-state index in [9.17, 15) is 13.2 Å². The highest BCUT2D eigenvalue weighted by atomic mass is 35.5. The van der Waals surface area contributed by atoms with Crippen LogP contribution in [0.3, 0.4) is 0 Å². The van der Waals surface area contributed by atoms with E-state index >= 15 is 0 Å². The Balaban J connectivity index is 1.74. The third-order valence-corrected chi connectivity index (χ3v) is 6.57. The Morgan fingerprint density at radius 1 is 1.08 bits per heavy atom. The van der Waals surface area contributed by atoms with Crippen molar-refractivity contribution in [3.05, 3.63) is 58.6 Å². The average molecular weight is 379 g/mol. The molecule has 7 heteroatoms. The Bertz CT molecular complexity index is 889. The number of amides is 1. The van der Waals surface area contributed by atoms with Gasteiger partial charge in [0.1, 0.15) is 0 Å². The molecule has 1 aliphatic rings. The number of anilines is 1. The maximum Gasteiger partial charge on any atom is 0.255 e. The van der Waals surface area contributed by atoms with E-state index in [1.54, 1.807) is 30.3 Å². The predicted octanol–water partition coefficient (Wildman–Crippen LogP) is 3.69. The first-order valence-electron chi connectivity index (χ1n) is 8.05. The molecule has 1 fully saturated rings. The van der Waals surface area contributed by atoms with E-state index in [1.165, 1.54) is 16.4 Å². The molecule has 1 heterocycles. The highest BCUT2D eigenvalue weighted by Crippen LogP contribution is 2.23. The summed E-state index contributed by atoms with van der Waals surface area (Å²) >= 11 is 6.04. The minimum absolute atomic E-state index is 0.241. The average Bonchev–Trinajstić information content (AvgIpc) is 3.13. The van der Waals surface area contributed by atoms with Crippen LogP contribution in [0.1, 0.15) is 28.8 Å². The lowest BCUT2D eigenvalue weighted by molar-refractivity contribution is 0.102. The van der Waals surface area contributed by atoms with Crippen LogP contribution in [0.25, 0.3) is 0 Å². The molecule has 2 aromatic carbocycles. The fraction of sp³-hybridized carbons (Fsp3) is 0.278. The number of hydrogen-bond donors (Lipinski definition) is 1. The van der Waals surface area contributed by atoms with E-state index in [1.807, 2.05) is 6.92 Å². The van der Waals surface area contributed by atoms with Gasteiger partial charge in [-0.1, -0.05) is 17.7 Å². The van der Waals surface area contributed by atoms with E-state index in [4.69, 9.17) is 11.6 Å². The number of carbonyl (C=O) groups is 1. The smallest absolute Gasteiger partial charge is 0.255 e. The normalized spacial score (nSPS) is 15.3. The molecule has 0 aliphatic carbocycles. The monoisotopic (exact) mass is 378 g/mol. The summed E-state index contributed by atoms with van der Waals surface area (Å²) in [6.45, 7) is 2.99. The van der Waals surface area contributed by atoms with Crippen molar-refractivity contribution in [3.8, 4) is 0 Å². The Kier molecular flexibility index (Phi) is 5.13. The van der Waals surface area contributed by atoms with Gasteiger partial charge in [0.2, 0.25) is 10.0 Å². The van der Waals surface area contributed by atoms with Crippen LogP contribution in [-0.2, 0) is 10.0 Å². The lowest BCUT2D eigenvalue weighted by atomic mass is 10.1. The van der Waals surface area contributed by atoms with Crippen LogP contribution < -0.4 is 5.32 Å². The zero-order chi connectivity index (χ0) is 18.0. The van der Waals surface area contributed by atoms with E-state index in [0.717, 1.165) is 18.4 Å². The quantitative estimate of drug-likeness (QED) is 0.882. The zero-order valence-corrected chi connectivity index (χ0v) is 15.4. The minimum Gasteiger partial charge on any atom is -0.322 e. The Morgan fingerprint density at radius 2 is 1.72 bits per heavy atom. The van der Waals surface area contributed by atoms with Crippen LogP contribution in [0, 0.1) is 6.92 Å². The first kappa shape index (κ1) is 17.9. The topological polar surface area (TPSA) is 66.5 Å². The summed E-state index contributed by atoms with van der Waals surface area (Å²) in [6, 6.07) is 11.3. The van der Waals surface area contributed by atoms with Gasteiger partial charge in [0.15, 0.2) is 0 Å². The van der Waals surface area contributed by atoms with E-state index < -0.39 is 10.0 Å². The number of nitrogens with zero attached hydrogens (tertiary/aromatic N) is 1. The summed E-state index contributed by atoms with van der Waals surface area (Å²) in [5, 5.41) is 3.27. The first-order chi connectivity index (χ1) is 11.9. The van der Waals surface area contributed by atoms with Crippen LogP contribution in [0.4, 0.5) is 5.69 Å². The molecule has 25 heavy (non-hydrogen) atoms. The molecule has 3 rings (SSSR count). The molecule has 0 bridgehead atoms. The maximum absolute atomic E-state index is 12.5. The van der Waals surface area contributed by atoms with Crippen molar-refractivity contribution in [2.75, 3.05) is 18.4 Å². The highest BCUT2D eigenvalue weighted by Gasteiger charge is 2.26. The molecular weight excluding hydrogens is 360 g/mol. The second-order valence-corrected chi connectivity index (χ2v) is 8.40. The van der Waals surface area contributed by atoms with Gasteiger partial charge in [0, 0.05) is 29.4 Å². The summed E-state index contributed by atoms with van der Waals surface area (Å²) in [6.07, 6.45) is 1.79. The number of sulfonamides is 1. The number of rotatable bonds is 4. The number of carbonyl (C=O) groups excluding carboxylic acids is 1. The van der Waals surface area contributed by atoms with Gasteiger partial charge in [0.05, 0.1) is 4.90 Å². The molecule has 1 aliphatic heterocycles. The molecule has 1 saturated heterocycles. The van der Waals surface area contributed by atoms with Crippen molar-refractivity contribution in [1.82, 2.24) is 4.31 Å². The summed E-state index contributed by atoms with van der Waals surface area (Å²) in [4.78, 5) is 12.5. The molecular formula is C18H19ClN2O3S. The number of nitrogens with one attached hydrogen (secondary N) is 1. The van der Waals surface area contributed by atoms with Gasteiger partial charge >= 0.3 is 0 Å². The van der Waals surface area contributed by atoms with Crippen LogP contribution in [0.5, 0.6) is 0 Å². The van der Waals surface area contributed by atoms with Gasteiger partial charge in [-0.05, 0) is 61.7 Å². The van der Waals surface area contributed by atoms with Gasteiger partial charge in [-0.25, -0.2) is 8.42 Å². The van der Waals surface area contributed by atoms with Crippen molar-refractivity contribution in [1.29, 1.82) is 0 Å². The van der Waals surface area contributed by atoms with E-state index in [2.05, 4.69) is 5.32 Å². The second kappa shape index (κ2) is 7.15. The maximum atomic E-state index is 12.5. The molecule has 5 nitrogen and oxygen atoms in total. The molecule has 0 atom stereocenters. The Labute approximate surface area is 152 Å². The lowest BCUT2D eigenvalue weighted by Gasteiger charge is -2.15. The molecule has 0 unspecified atom stereocenters. The summed E-state index contributed by atoms with van der Waals surface area (Å²) in [5.41, 5.74) is 1.88. The largest absolute Gasteiger partial charge is 0.322 e. The molecule has 0 radical (unpaired) electrons. The zero-order valence-electron chi connectivity index (χ0n) is 13.8. The Hall–Kier alpha value is -1.89. The molecule has 0 aromatic heterocycles. The highest BCUT2D eigenvalue weighted by molar-refractivity contribution is 7.89. The van der Waals surface area contributed by atoms with Crippen molar-refractivity contribution >= 4 is 33.2 Å².